The number of nitrogens with two attached hydrogens (primary N) is 1. The highest BCUT2D eigenvalue weighted by Crippen LogP contribution is 2.36. The number of hydrogen-bond acceptors (Lipinski definition) is 5. The summed E-state index contributed by atoms with van der Waals surface area (Å²) in [6.45, 7) is 1.37. The maximum atomic E-state index is 5.69. The van der Waals surface area contributed by atoms with Crippen LogP contribution in [-0.2, 0) is 0 Å². The molecule has 0 saturated carbocycles. The number of nitrogens with zero attached hydrogens (tertiary/aromatic N) is 1. The third-order valence-corrected chi connectivity index (χ3v) is 4.22. The topological polar surface area (TPSA) is 57.4 Å². The standard InChI is InChI=1S/C14H13BrN2O2S/c15-11-7-13-12(18-4-1-5-19-13)6-9(11)2-3-10-8-20-14(16)17-10/h2-3,6-8H,1,4-5H2,(H2,16,17). The summed E-state index contributed by atoms with van der Waals surface area (Å²) in [5.41, 5.74) is 7.48. The average Bonchev–Trinajstić information content (AvgIpc) is 2.71. The Morgan fingerprint density at radius 3 is 2.65 bits per heavy atom. The van der Waals surface area contributed by atoms with E-state index in [0.717, 1.165) is 33.6 Å². The van der Waals surface area contributed by atoms with Crippen molar-refractivity contribution in [3.63, 3.8) is 0 Å². The van der Waals surface area contributed by atoms with Crippen LogP contribution in [0.15, 0.2) is 22.0 Å². The molecule has 0 spiro atoms. The average molecular weight is 353 g/mol. The number of anilines is 1. The summed E-state index contributed by atoms with van der Waals surface area (Å²) < 4.78 is 12.3. The van der Waals surface area contributed by atoms with Crippen LogP contribution in [0.1, 0.15) is 17.7 Å². The van der Waals surface area contributed by atoms with E-state index in [1.54, 1.807) is 0 Å². The molecule has 0 fully saturated rings. The number of rotatable bonds is 2. The van der Waals surface area contributed by atoms with E-state index in [-0.39, 0.29) is 0 Å². The second-order valence-electron chi connectivity index (χ2n) is 4.31. The number of nitrogen functional groups attached to an aromatic ring is 1. The molecular formula is C14H13BrN2O2S. The highest BCUT2D eigenvalue weighted by Gasteiger charge is 2.12. The van der Waals surface area contributed by atoms with Crippen LogP contribution in [0.5, 0.6) is 11.5 Å². The van der Waals surface area contributed by atoms with Crippen molar-refractivity contribution in [1.82, 2.24) is 4.98 Å². The molecular weight excluding hydrogens is 340 g/mol. The summed E-state index contributed by atoms with van der Waals surface area (Å²) in [5, 5.41) is 2.49. The lowest BCUT2D eigenvalue weighted by Gasteiger charge is -2.09. The van der Waals surface area contributed by atoms with E-state index in [2.05, 4.69) is 20.9 Å². The number of hydrogen-bond donors (Lipinski definition) is 1. The second kappa shape index (κ2) is 5.85. The van der Waals surface area contributed by atoms with Gasteiger partial charge >= 0.3 is 0 Å². The summed E-state index contributed by atoms with van der Waals surface area (Å²) in [6, 6.07) is 3.91. The van der Waals surface area contributed by atoms with Crippen molar-refractivity contribution in [1.29, 1.82) is 0 Å². The molecule has 2 aromatic rings. The minimum Gasteiger partial charge on any atom is -0.490 e. The van der Waals surface area contributed by atoms with Gasteiger partial charge in [0.05, 0.1) is 18.9 Å². The fourth-order valence-corrected chi connectivity index (χ4v) is 2.87. The number of fused-ring (bicyclic) bond motifs is 1. The Hall–Kier alpha value is -1.53. The highest BCUT2D eigenvalue weighted by atomic mass is 79.9. The third-order valence-electron chi connectivity index (χ3n) is 2.84. The van der Waals surface area contributed by atoms with Gasteiger partial charge in [0, 0.05) is 16.3 Å². The van der Waals surface area contributed by atoms with Gasteiger partial charge < -0.3 is 15.2 Å². The van der Waals surface area contributed by atoms with Crippen molar-refractivity contribution in [2.75, 3.05) is 18.9 Å². The predicted molar refractivity (Wildman–Crippen MR) is 85.2 cm³/mol. The maximum Gasteiger partial charge on any atom is 0.180 e. The molecule has 1 aliphatic heterocycles. The predicted octanol–water partition coefficient (Wildman–Crippen LogP) is 3.82. The Labute approximate surface area is 129 Å². The summed E-state index contributed by atoms with van der Waals surface area (Å²) >= 11 is 4.98. The minimum atomic E-state index is 0.572. The van der Waals surface area contributed by atoms with Crippen LogP contribution in [0.4, 0.5) is 5.13 Å². The van der Waals surface area contributed by atoms with E-state index in [1.807, 2.05) is 29.7 Å². The highest BCUT2D eigenvalue weighted by molar-refractivity contribution is 9.10. The van der Waals surface area contributed by atoms with E-state index in [1.165, 1.54) is 11.3 Å². The lowest BCUT2D eigenvalue weighted by atomic mass is 10.2. The Kier molecular flexibility index (Phi) is 3.93. The van der Waals surface area contributed by atoms with E-state index >= 15 is 0 Å². The molecule has 0 unspecified atom stereocenters. The van der Waals surface area contributed by atoms with Gasteiger partial charge in [0.2, 0.25) is 0 Å². The number of aromatic nitrogens is 1. The first-order valence-electron chi connectivity index (χ1n) is 6.20. The molecule has 1 aromatic heterocycles. The smallest absolute Gasteiger partial charge is 0.180 e. The summed E-state index contributed by atoms with van der Waals surface area (Å²) in [7, 11) is 0. The number of ether oxygens (including phenoxy) is 2. The van der Waals surface area contributed by atoms with Crippen LogP contribution in [0, 0.1) is 0 Å². The molecule has 4 nitrogen and oxygen atoms in total. The first-order chi connectivity index (χ1) is 9.72. The number of thiazole rings is 1. The zero-order valence-electron chi connectivity index (χ0n) is 10.6. The van der Waals surface area contributed by atoms with Gasteiger partial charge in [-0.3, -0.25) is 0 Å². The molecule has 104 valence electrons. The quantitative estimate of drug-likeness (QED) is 0.892. The molecule has 2 N–H and O–H groups in total. The van der Waals surface area contributed by atoms with Crippen LogP contribution in [0.3, 0.4) is 0 Å². The van der Waals surface area contributed by atoms with Gasteiger partial charge in [-0.2, -0.15) is 0 Å². The van der Waals surface area contributed by atoms with Gasteiger partial charge in [-0.05, 0) is 23.8 Å². The van der Waals surface area contributed by atoms with Gasteiger partial charge in [-0.25, -0.2) is 4.98 Å². The maximum absolute atomic E-state index is 5.69. The van der Waals surface area contributed by atoms with Crippen molar-refractivity contribution in [3.8, 4) is 11.5 Å². The zero-order chi connectivity index (χ0) is 13.9. The van der Waals surface area contributed by atoms with Gasteiger partial charge in [0.25, 0.3) is 0 Å². The van der Waals surface area contributed by atoms with Crippen LogP contribution in [0.2, 0.25) is 0 Å². The molecule has 0 radical (unpaired) electrons. The van der Waals surface area contributed by atoms with Crippen molar-refractivity contribution < 1.29 is 9.47 Å². The molecule has 1 aliphatic rings. The van der Waals surface area contributed by atoms with Crippen LogP contribution in [0.25, 0.3) is 12.2 Å². The Morgan fingerprint density at radius 2 is 1.95 bits per heavy atom. The van der Waals surface area contributed by atoms with Crippen LogP contribution in [-0.4, -0.2) is 18.2 Å². The van der Waals surface area contributed by atoms with E-state index < -0.39 is 0 Å². The zero-order valence-corrected chi connectivity index (χ0v) is 13.0. The lowest BCUT2D eigenvalue weighted by Crippen LogP contribution is -1.97. The number of benzene rings is 1. The summed E-state index contributed by atoms with van der Waals surface area (Å²) in [5.74, 6) is 1.56. The third kappa shape index (κ3) is 2.96. The largest absolute Gasteiger partial charge is 0.490 e. The molecule has 0 aliphatic carbocycles. The molecule has 0 saturated heterocycles. The normalized spacial score (nSPS) is 14.4. The first kappa shape index (κ1) is 13.5. The molecule has 1 aromatic carbocycles. The van der Waals surface area contributed by atoms with Crippen LogP contribution >= 0.6 is 27.3 Å². The van der Waals surface area contributed by atoms with Gasteiger partial charge in [0.15, 0.2) is 16.6 Å². The van der Waals surface area contributed by atoms with Gasteiger partial charge in [-0.1, -0.05) is 22.0 Å². The van der Waals surface area contributed by atoms with E-state index in [0.29, 0.717) is 18.3 Å². The Bertz CT molecular complexity index is 655. The monoisotopic (exact) mass is 352 g/mol. The number of halogens is 1. The van der Waals surface area contributed by atoms with Gasteiger partial charge in [0.1, 0.15) is 0 Å². The minimum absolute atomic E-state index is 0.572. The molecule has 0 amide bonds. The summed E-state index contributed by atoms with van der Waals surface area (Å²) in [4.78, 5) is 4.20. The molecule has 6 heteroatoms. The first-order valence-corrected chi connectivity index (χ1v) is 7.88. The van der Waals surface area contributed by atoms with Crippen LogP contribution < -0.4 is 15.2 Å². The van der Waals surface area contributed by atoms with E-state index in [4.69, 9.17) is 15.2 Å². The van der Waals surface area contributed by atoms with Crippen molar-refractivity contribution >= 4 is 44.6 Å². The fraction of sp³-hybridized carbons (Fsp3) is 0.214. The Balaban J connectivity index is 1.89. The second-order valence-corrected chi connectivity index (χ2v) is 6.06. The SMILES string of the molecule is Nc1nc(C=Cc2cc3c(cc2Br)OCCCO3)cs1. The van der Waals surface area contributed by atoms with E-state index in [9.17, 15) is 0 Å². The molecule has 0 atom stereocenters. The molecule has 3 rings (SSSR count). The lowest BCUT2D eigenvalue weighted by molar-refractivity contribution is 0.297. The van der Waals surface area contributed by atoms with Crippen molar-refractivity contribution in [3.05, 3.63) is 33.2 Å². The Morgan fingerprint density at radius 1 is 1.20 bits per heavy atom. The molecule has 20 heavy (non-hydrogen) atoms. The van der Waals surface area contributed by atoms with Gasteiger partial charge in [-0.15, -0.1) is 11.3 Å². The van der Waals surface area contributed by atoms with Crippen molar-refractivity contribution in [2.24, 2.45) is 0 Å². The fourth-order valence-electron chi connectivity index (χ4n) is 1.88. The molecule has 2 heterocycles. The molecule has 0 bridgehead atoms. The van der Waals surface area contributed by atoms with Crippen molar-refractivity contribution in [2.45, 2.75) is 6.42 Å². The summed E-state index contributed by atoms with van der Waals surface area (Å²) in [6.07, 6.45) is 4.81.